The lowest BCUT2D eigenvalue weighted by Crippen LogP contribution is -2.37. The van der Waals surface area contributed by atoms with Gasteiger partial charge in [-0.25, -0.2) is 4.98 Å². The third kappa shape index (κ3) is 2.16. The maximum Gasteiger partial charge on any atom is 0.196 e. The molecule has 0 saturated heterocycles. The molecule has 3 rings (SSSR count). The number of nitrogens with zero attached hydrogens (tertiary/aromatic N) is 3. The number of hydrogen-bond donors (Lipinski definition) is 0. The van der Waals surface area contributed by atoms with Crippen LogP contribution in [0.15, 0.2) is 11.6 Å². The number of hydrogen-bond acceptors (Lipinski definition) is 4. The lowest BCUT2D eigenvalue weighted by Gasteiger charge is -2.34. The van der Waals surface area contributed by atoms with Crippen molar-refractivity contribution in [3.05, 3.63) is 17.3 Å². The van der Waals surface area contributed by atoms with Gasteiger partial charge in [-0.1, -0.05) is 19.3 Å². The van der Waals surface area contributed by atoms with Crippen molar-refractivity contribution in [2.45, 2.75) is 45.1 Å². The molecule has 0 amide bonds. The van der Waals surface area contributed by atoms with E-state index in [1.807, 2.05) is 16.0 Å². The van der Waals surface area contributed by atoms with Crippen LogP contribution >= 0.6 is 11.3 Å². The smallest absolute Gasteiger partial charge is 0.196 e. The van der Waals surface area contributed by atoms with E-state index in [-0.39, 0.29) is 0 Å². The summed E-state index contributed by atoms with van der Waals surface area (Å²) in [6.45, 7) is 3.06. The molecule has 1 fully saturated rings. The first-order valence-electron chi connectivity index (χ1n) is 7.02. The lowest BCUT2D eigenvalue weighted by molar-refractivity contribution is 0.111. The Balaban J connectivity index is 1.99. The van der Waals surface area contributed by atoms with Crippen molar-refractivity contribution in [3.63, 3.8) is 0 Å². The summed E-state index contributed by atoms with van der Waals surface area (Å²) in [7, 11) is 0. The summed E-state index contributed by atoms with van der Waals surface area (Å²) in [5, 5.41) is 1.97. The monoisotopic (exact) mass is 277 g/mol. The molecular formula is C14H19N3OS. The van der Waals surface area contributed by atoms with Gasteiger partial charge in [-0.05, 0) is 19.8 Å². The van der Waals surface area contributed by atoms with Crippen LogP contribution in [0.5, 0.6) is 0 Å². The van der Waals surface area contributed by atoms with E-state index in [9.17, 15) is 4.79 Å². The van der Waals surface area contributed by atoms with Crippen LogP contribution in [-0.2, 0) is 0 Å². The number of carbonyl (C=O) groups is 1. The van der Waals surface area contributed by atoms with Crippen LogP contribution in [0.2, 0.25) is 0 Å². The predicted octanol–water partition coefficient (Wildman–Crippen LogP) is 3.37. The molecule has 102 valence electrons. The van der Waals surface area contributed by atoms with Crippen molar-refractivity contribution in [1.82, 2.24) is 9.38 Å². The highest BCUT2D eigenvalue weighted by molar-refractivity contribution is 7.15. The minimum atomic E-state index is 0.544. The Bertz CT molecular complexity index is 568. The fourth-order valence-electron chi connectivity index (χ4n) is 3.09. The summed E-state index contributed by atoms with van der Waals surface area (Å²) in [6, 6.07) is 0.544. The van der Waals surface area contributed by atoms with Crippen molar-refractivity contribution in [3.8, 4) is 0 Å². The van der Waals surface area contributed by atoms with Crippen LogP contribution in [0.1, 0.15) is 49.5 Å². The molecule has 0 bridgehead atoms. The predicted molar refractivity (Wildman–Crippen MR) is 78.3 cm³/mol. The molecule has 2 aromatic heterocycles. The molecule has 1 aliphatic carbocycles. The van der Waals surface area contributed by atoms with Gasteiger partial charge in [0, 0.05) is 24.2 Å². The maximum absolute atomic E-state index is 11.4. The molecule has 19 heavy (non-hydrogen) atoms. The molecule has 5 heteroatoms. The minimum Gasteiger partial charge on any atom is -0.352 e. The summed E-state index contributed by atoms with van der Waals surface area (Å²) in [6.07, 6.45) is 9.23. The third-order valence-electron chi connectivity index (χ3n) is 4.02. The van der Waals surface area contributed by atoms with Gasteiger partial charge in [0.1, 0.15) is 5.69 Å². The average Bonchev–Trinajstić information content (AvgIpc) is 3.01. The number of carbonyl (C=O) groups excluding carboxylic acids is 1. The fraction of sp³-hybridized carbons (Fsp3) is 0.571. The molecular weight excluding hydrogens is 258 g/mol. The molecule has 0 aromatic carbocycles. The quantitative estimate of drug-likeness (QED) is 0.804. The van der Waals surface area contributed by atoms with Crippen LogP contribution < -0.4 is 4.90 Å². The highest BCUT2D eigenvalue weighted by atomic mass is 32.1. The minimum absolute atomic E-state index is 0.544. The second-order valence-corrected chi connectivity index (χ2v) is 5.94. The van der Waals surface area contributed by atoms with Gasteiger partial charge < -0.3 is 4.90 Å². The van der Waals surface area contributed by atoms with Gasteiger partial charge in [-0.2, -0.15) is 0 Å². The van der Waals surface area contributed by atoms with Crippen LogP contribution in [-0.4, -0.2) is 28.3 Å². The van der Waals surface area contributed by atoms with Crippen molar-refractivity contribution in [2.75, 3.05) is 11.4 Å². The second kappa shape index (κ2) is 5.33. The van der Waals surface area contributed by atoms with Gasteiger partial charge >= 0.3 is 0 Å². The van der Waals surface area contributed by atoms with E-state index in [4.69, 9.17) is 0 Å². The van der Waals surface area contributed by atoms with E-state index < -0.39 is 0 Å². The van der Waals surface area contributed by atoms with E-state index in [2.05, 4.69) is 16.8 Å². The number of aromatic nitrogens is 2. The molecule has 2 aromatic rings. The Morgan fingerprint density at radius 1 is 1.47 bits per heavy atom. The lowest BCUT2D eigenvalue weighted by atomic mass is 9.94. The second-order valence-electron chi connectivity index (χ2n) is 5.07. The Kier molecular flexibility index (Phi) is 3.55. The molecule has 0 unspecified atom stereocenters. The molecule has 1 aliphatic rings. The summed E-state index contributed by atoms with van der Waals surface area (Å²) in [5.74, 6) is 0.872. The first kappa shape index (κ1) is 12.7. The maximum atomic E-state index is 11.4. The van der Waals surface area contributed by atoms with Crippen LogP contribution in [0.4, 0.5) is 5.82 Å². The van der Waals surface area contributed by atoms with Crippen LogP contribution in [0.25, 0.3) is 4.96 Å². The number of aldehydes is 1. The first-order valence-corrected chi connectivity index (χ1v) is 7.90. The Labute approximate surface area is 117 Å². The first-order chi connectivity index (χ1) is 9.35. The Morgan fingerprint density at radius 3 is 2.95 bits per heavy atom. The molecule has 0 radical (unpaired) electrons. The largest absolute Gasteiger partial charge is 0.352 e. The number of thiazole rings is 1. The fourth-order valence-corrected chi connectivity index (χ4v) is 3.80. The van der Waals surface area contributed by atoms with E-state index in [0.717, 1.165) is 23.6 Å². The highest BCUT2D eigenvalue weighted by Gasteiger charge is 2.25. The SMILES string of the molecule is CCN(c1nc2sccn2c1C=O)C1CCCCC1. The van der Waals surface area contributed by atoms with E-state index in [1.165, 1.54) is 32.1 Å². The topological polar surface area (TPSA) is 37.6 Å². The van der Waals surface area contributed by atoms with E-state index in [1.54, 1.807) is 11.3 Å². The number of anilines is 1. The summed E-state index contributed by atoms with van der Waals surface area (Å²) in [4.78, 5) is 19.3. The third-order valence-corrected chi connectivity index (χ3v) is 4.78. The van der Waals surface area contributed by atoms with Crippen LogP contribution in [0.3, 0.4) is 0 Å². The van der Waals surface area contributed by atoms with Gasteiger partial charge in [0.15, 0.2) is 17.1 Å². The van der Waals surface area contributed by atoms with Gasteiger partial charge in [-0.15, -0.1) is 11.3 Å². The zero-order valence-corrected chi connectivity index (χ0v) is 12.0. The summed E-state index contributed by atoms with van der Waals surface area (Å²) >= 11 is 1.58. The zero-order valence-electron chi connectivity index (χ0n) is 11.2. The Hall–Kier alpha value is -1.36. The van der Waals surface area contributed by atoms with Gasteiger partial charge in [-0.3, -0.25) is 9.20 Å². The van der Waals surface area contributed by atoms with Gasteiger partial charge in [0.25, 0.3) is 0 Å². The standard InChI is InChI=1S/C14H19N3OS/c1-2-16(11-6-4-3-5-7-11)13-12(10-18)17-8-9-19-14(17)15-13/h8-11H,2-7H2,1H3. The van der Waals surface area contributed by atoms with Crippen LogP contribution in [0, 0.1) is 0 Å². The van der Waals surface area contributed by atoms with E-state index in [0.29, 0.717) is 11.7 Å². The highest BCUT2D eigenvalue weighted by Crippen LogP contribution is 2.30. The normalized spacial score (nSPS) is 16.9. The summed E-state index contributed by atoms with van der Waals surface area (Å²) in [5.41, 5.74) is 0.698. The summed E-state index contributed by atoms with van der Waals surface area (Å²) < 4.78 is 1.90. The molecule has 0 N–H and O–H groups in total. The molecule has 0 atom stereocenters. The molecule has 0 spiro atoms. The van der Waals surface area contributed by atoms with Gasteiger partial charge in [0.05, 0.1) is 0 Å². The number of imidazole rings is 1. The molecule has 2 heterocycles. The van der Waals surface area contributed by atoms with Crippen molar-refractivity contribution >= 4 is 28.4 Å². The molecule has 0 aliphatic heterocycles. The van der Waals surface area contributed by atoms with E-state index >= 15 is 0 Å². The number of fused-ring (bicyclic) bond motifs is 1. The van der Waals surface area contributed by atoms with Crippen molar-refractivity contribution < 1.29 is 4.79 Å². The van der Waals surface area contributed by atoms with Gasteiger partial charge in [0.2, 0.25) is 0 Å². The van der Waals surface area contributed by atoms with Crippen molar-refractivity contribution in [2.24, 2.45) is 0 Å². The van der Waals surface area contributed by atoms with Crippen molar-refractivity contribution in [1.29, 1.82) is 0 Å². The molecule has 1 saturated carbocycles. The number of rotatable bonds is 4. The molecule has 4 nitrogen and oxygen atoms in total. The Morgan fingerprint density at radius 2 is 2.26 bits per heavy atom. The zero-order chi connectivity index (χ0) is 13.2. The average molecular weight is 277 g/mol.